The maximum Gasteiger partial charge on any atom is 0.322 e. The number of hydrogen-bond acceptors (Lipinski definition) is 6. The van der Waals surface area contributed by atoms with Crippen molar-refractivity contribution in [1.82, 2.24) is 9.80 Å². The highest BCUT2D eigenvalue weighted by Crippen LogP contribution is 2.33. The van der Waals surface area contributed by atoms with Crippen molar-refractivity contribution in [3.63, 3.8) is 0 Å². The minimum Gasteiger partial charge on any atom is -0.494 e. The number of urea groups is 1. The van der Waals surface area contributed by atoms with Gasteiger partial charge >= 0.3 is 6.03 Å². The van der Waals surface area contributed by atoms with Gasteiger partial charge in [0.15, 0.2) is 11.5 Å². The minimum absolute atomic E-state index is 0.0173. The molecule has 1 aliphatic carbocycles. The number of hydrogen-bond donors (Lipinski definition) is 1. The molecule has 1 N–H and O–H groups in total. The number of carbonyl (C=O) groups is 2. The second-order valence-corrected chi connectivity index (χ2v) is 9.80. The summed E-state index contributed by atoms with van der Waals surface area (Å²) in [4.78, 5) is 31.2. The van der Waals surface area contributed by atoms with E-state index in [2.05, 4.69) is 5.32 Å². The van der Waals surface area contributed by atoms with Crippen molar-refractivity contribution in [2.24, 2.45) is 0 Å². The van der Waals surface area contributed by atoms with Crippen LogP contribution in [0.2, 0.25) is 0 Å². The van der Waals surface area contributed by atoms with Crippen LogP contribution in [-0.2, 0) is 17.9 Å². The van der Waals surface area contributed by atoms with Crippen LogP contribution in [0.1, 0.15) is 30.2 Å². The molecule has 1 fully saturated rings. The number of nitrogens with zero attached hydrogens (tertiary/aromatic N) is 2. The summed E-state index contributed by atoms with van der Waals surface area (Å²) >= 11 is 1.61. The van der Waals surface area contributed by atoms with Gasteiger partial charge in [0.05, 0.1) is 13.2 Å². The molecule has 2 heterocycles. The standard InChI is InChI=1S/C27H29N3O5S/c1-2-33-22-10-6-20(7-11-22)28-27(32)30(21-8-9-21)17-26(31)29(16-23-4-3-13-36-23)15-19-5-12-24-25(14-19)35-18-34-24/h3-7,10-14,21H,2,8-9,15-18H2,1H3,(H,28,32). The number of nitrogens with one attached hydrogen (secondary N) is 1. The first-order valence-electron chi connectivity index (χ1n) is 12.1. The van der Waals surface area contributed by atoms with Crippen molar-refractivity contribution in [2.45, 2.75) is 38.9 Å². The van der Waals surface area contributed by atoms with Gasteiger partial charge in [-0.05, 0) is 73.2 Å². The Labute approximate surface area is 214 Å². The molecule has 0 radical (unpaired) electrons. The maximum atomic E-state index is 13.6. The van der Waals surface area contributed by atoms with E-state index in [1.54, 1.807) is 33.3 Å². The van der Waals surface area contributed by atoms with Gasteiger partial charge in [-0.3, -0.25) is 4.79 Å². The van der Waals surface area contributed by atoms with E-state index in [1.165, 1.54) is 0 Å². The second-order valence-electron chi connectivity index (χ2n) is 8.76. The molecule has 1 aliphatic heterocycles. The van der Waals surface area contributed by atoms with E-state index in [4.69, 9.17) is 14.2 Å². The first-order valence-corrected chi connectivity index (χ1v) is 13.0. The van der Waals surface area contributed by atoms with Gasteiger partial charge in [-0.15, -0.1) is 11.3 Å². The number of ether oxygens (including phenoxy) is 3. The number of fused-ring (bicyclic) bond motifs is 1. The molecule has 0 spiro atoms. The average Bonchev–Trinajstić information content (AvgIpc) is 3.37. The number of benzene rings is 2. The van der Waals surface area contributed by atoms with E-state index in [0.29, 0.717) is 36.9 Å². The number of anilines is 1. The van der Waals surface area contributed by atoms with E-state index in [0.717, 1.165) is 29.0 Å². The zero-order valence-electron chi connectivity index (χ0n) is 20.1. The predicted octanol–water partition coefficient (Wildman–Crippen LogP) is 5.10. The molecule has 8 nitrogen and oxygen atoms in total. The normalized spacial score (nSPS) is 13.8. The van der Waals surface area contributed by atoms with Gasteiger partial charge in [0.2, 0.25) is 12.7 Å². The van der Waals surface area contributed by atoms with Crippen LogP contribution >= 0.6 is 11.3 Å². The molecular formula is C27H29N3O5S. The topological polar surface area (TPSA) is 80.3 Å². The van der Waals surface area contributed by atoms with Gasteiger partial charge in [-0.25, -0.2) is 4.79 Å². The quantitative estimate of drug-likeness (QED) is 0.413. The van der Waals surface area contributed by atoms with Gasteiger partial charge in [-0.2, -0.15) is 0 Å². The van der Waals surface area contributed by atoms with Gasteiger partial charge in [-0.1, -0.05) is 12.1 Å². The molecule has 1 aromatic heterocycles. The summed E-state index contributed by atoms with van der Waals surface area (Å²) in [5, 5.41) is 4.93. The van der Waals surface area contributed by atoms with Crippen LogP contribution in [0.3, 0.4) is 0 Å². The minimum atomic E-state index is -0.269. The molecule has 3 aromatic rings. The summed E-state index contributed by atoms with van der Waals surface area (Å²) in [5.41, 5.74) is 1.61. The number of amides is 3. The molecule has 3 amide bonds. The lowest BCUT2D eigenvalue weighted by molar-refractivity contribution is -0.133. The van der Waals surface area contributed by atoms with Gasteiger partial charge in [0.1, 0.15) is 12.3 Å². The molecule has 2 aliphatic rings. The third-order valence-electron chi connectivity index (χ3n) is 6.06. The summed E-state index contributed by atoms with van der Waals surface area (Å²) in [7, 11) is 0. The summed E-state index contributed by atoms with van der Waals surface area (Å²) in [6, 6.07) is 16.8. The summed E-state index contributed by atoms with van der Waals surface area (Å²) in [6.45, 7) is 3.61. The fourth-order valence-electron chi connectivity index (χ4n) is 4.08. The Morgan fingerprint density at radius 3 is 2.58 bits per heavy atom. The van der Waals surface area contributed by atoms with E-state index >= 15 is 0 Å². The van der Waals surface area contributed by atoms with Crippen LogP contribution in [0.15, 0.2) is 60.0 Å². The van der Waals surface area contributed by atoms with Crippen LogP contribution in [0.4, 0.5) is 10.5 Å². The monoisotopic (exact) mass is 507 g/mol. The van der Waals surface area contributed by atoms with E-state index in [1.807, 2.05) is 54.8 Å². The lowest BCUT2D eigenvalue weighted by Gasteiger charge is -2.28. The van der Waals surface area contributed by atoms with Crippen LogP contribution in [-0.4, -0.2) is 47.7 Å². The zero-order chi connectivity index (χ0) is 24.9. The maximum absolute atomic E-state index is 13.6. The third kappa shape index (κ3) is 5.91. The molecule has 5 rings (SSSR count). The summed E-state index contributed by atoms with van der Waals surface area (Å²) in [5.74, 6) is 2.04. The molecule has 0 saturated heterocycles. The van der Waals surface area contributed by atoms with Crippen LogP contribution in [0, 0.1) is 0 Å². The van der Waals surface area contributed by atoms with Gasteiger partial charge in [0.25, 0.3) is 0 Å². The predicted molar refractivity (Wildman–Crippen MR) is 137 cm³/mol. The Morgan fingerprint density at radius 1 is 1.06 bits per heavy atom. The lowest BCUT2D eigenvalue weighted by atomic mass is 10.2. The number of rotatable bonds is 10. The zero-order valence-corrected chi connectivity index (χ0v) is 21.0. The van der Waals surface area contributed by atoms with Crippen LogP contribution in [0.5, 0.6) is 17.2 Å². The van der Waals surface area contributed by atoms with Crippen molar-refractivity contribution >= 4 is 29.0 Å². The molecule has 1 saturated carbocycles. The molecular weight excluding hydrogens is 478 g/mol. The molecule has 9 heteroatoms. The molecule has 2 aromatic carbocycles. The summed E-state index contributed by atoms with van der Waals surface area (Å²) < 4.78 is 16.4. The van der Waals surface area contributed by atoms with Crippen molar-refractivity contribution in [2.75, 3.05) is 25.3 Å². The van der Waals surface area contributed by atoms with E-state index in [-0.39, 0.29) is 31.3 Å². The lowest BCUT2D eigenvalue weighted by Crippen LogP contribution is -2.45. The molecule has 188 valence electrons. The Hall–Kier alpha value is -3.72. The highest BCUT2D eigenvalue weighted by molar-refractivity contribution is 7.09. The molecule has 36 heavy (non-hydrogen) atoms. The number of carbonyl (C=O) groups excluding carboxylic acids is 2. The molecule has 0 bridgehead atoms. The van der Waals surface area contributed by atoms with Crippen molar-refractivity contribution in [3.05, 3.63) is 70.4 Å². The largest absolute Gasteiger partial charge is 0.494 e. The number of thiophene rings is 1. The second kappa shape index (κ2) is 10.9. The molecule has 0 atom stereocenters. The smallest absolute Gasteiger partial charge is 0.322 e. The van der Waals surface area contributed by atoms with Gasteiger partial charge in [0, 0.05) is 23.2 Å². The first-order chi connectivity index (χ1) is 17.6. The van der Waals surface area contributed by atoms with Crippen LogP contribution < -0.4 is 19.5 Å². The fourth-order valence-corrected chi connectivity index (χ4v) is 4.80. The van der Waals surface area contributed by atoms with Crippen LogP contribution in [0.25, 0.3) is 0 Å². The Morgan fingerprint density at radius 2 is 1.86 bits per heavy atom. The third-order valence-corrected chi connectivity index (χ3v) is 6.92. The average molecular weight is 508 g/mol. The van der Waals surface area contributed by atoms with Crippen molar-refractivity contribution in [3.8, 4) is 17.2 Å². The highest BCUT2D eigenvalue weighted by Gasteiger charge is 2.35. The van der Waals surface area contributed by atoms with E-state index < -0.39 is 0 Å². The summed E-state index contributed by atoms with van der Waals surface area (Å²) in [6.07, 6.45) is 1.80. The Bertz CT molecular complexity index is 1190. The van der Waals surface area contributed by atoms with Crippen molar-refractivity contribution in [1.29, 1.82) is 0 Å². The highest BCUT2D eigenvalue weighted by atomic mass is 32.1. The first kappa shape index (κ1) is 24.0. The Kier molecular flexibility index (Phi) is 7.27. The molecule has 0 unspecified atom stereocenters. The fraction of sp³-hybridized carbons (Fsp3) is 0.333. The van der Waals surface area contributed by atoms with Crippen molar-refractivity contribution < 1.29 is 23.8 Å². The Balaban J connectivity index is 1.28. The van der Waals surface area contributed by atoms with E-state index in [9.17, 15) is 9.59 Å². The SMILES string of the molecule is CCOc1ccc(NC(=O)N(CC(=O)N(Cc2ccc3c(c2)OCO3)Cc2cccs2)C2CC2)cc1. The van der Waals surface area contributed by atoms with Gasteiger partial charge < -0.3 is 29.3 Å².